The summed E-state index contributed by atoms with van der Waals surface area (Å²) in [5.74, 6) is -1.45. The number of nitriles is 1. The van der Waals surface area contributed by atoms with Crippen LogP contribution in [-0.2, 0) is 5.41 Å². The highest BCUT2D eigenvalue weighted by molar-refractivity contribution is 5.89. The zero-order chi connectivity index (χ0) is 26.0. The summed E-state index contributed by atoms with van der Waals surface area (Å²) in [5, 5.41) is 12.1. The second-order valence-corrected chi connectivity index (χ2v) is 10.9. The first-order valence-corrected chi connectivity index (χ1v) is 12.9. The number of hydrogen-bond donors (Lipinski definition) is 1. The van der Waals surface area contributed by atoms with E-state index in [2.05, 4.69) is 50.0 Å². The summed E-state index contributed by atoms with van der Waals surface area (Å²) in [5.41, 5.74) is 2.27. The fourth-order valence-electron chi connectivity index (χ4n) is 6.10. The summed E-state index contributed by atoms with van der Waals surface area (Å²) in [7, 11) is 0. The van der Waals surface area contributed by atoms with Crippen LogP contribution in [0.15, 0.2) is 42.5 Å². The molecular weight excluding hydrogens is 458 g/mol. The molecule has 1 unspecified atom stereocenters. The summed E-state index contributed by atoms with van der Waals surface area (Å²) < 4.78 is 27.2. The third-order valence-electron chi connectivity index (χ3n) is 8.08. The number of rotatable bonds is 8. The van der Waals surface area contributed by atoms with E-state index in [1.807, 2.05) is 23.1 Å². The van der Waals surface area contributed by atoms with Gasteiger partial charge in [-0.25, -0.2) is 13.6 Å². The van der Waals surface area contributed by atoms with Gasteiger partial charge in [0.05, 0.1) is 11.6 Å². The smallest absolute Gasteiger partial charge is 0.320 e. The number of fused-ring (bicyclic) bond motifs is 1. The molecule has 2 amide bonds. The Kier molecular flexibility index (Phi) is 7.65. The molecule has 2 fully saturated rings. The summed E-state index contributed by atoms with van der Waals surface area (Å²) in [6.45, 7) is 9.90. The van der Waals surface area contributed by atoms with Crippen molar-refractivity contribution in [2.24, 2.45) is 5.92 Å². The zero-order valence-electron chi connectivity index (χ0n) is 21.6. The van der Waals surface area contributed by atoms with Crippen LogP contribution >= 0.6 is 0 Å². The lowest BCUT2D eigenvalue weighted by Gasteiger charge is -2.39. The average Bonchev–Trinajstić information content (AvgIpc) is 3.59. The molecule has 4 rings (SSSR count). The number of carbonyl (C=O) groups excluding carboxylic acids is 1. The van der Waals surface area contributed by atoms with E-state index in [-0.39, 0.29) is 23.2 Å². The normalized spacial score (nSPS) is 22.9. The fraction of sp³-hybridized carbons (Fsp3) is 0.517. The second kappa shape index (κ2) is 10.6. The van der Waals surface area contributed by atoms with Crippen molar-refractivity contribution in [2.45, 2.75) is 76.9 Å². The molecule has 1 N–H and O–H groups in total. The van der Waals surface area contributed by atoms with Gasteiger partial charge in [0.25, 0.3) is 0 Å². The van der Waals surface area contributed by atoms with Gasteiger partial charge in [-0.05, 0) is 94.5 Å². The molecule has 192 valence electrons. The van der Waals surface area contributed by atoms with Crippen molar-refractivity contribution >= 4 is 11.7 Å². The number of carbonyl (C=O) groups is 1. The molecule has 36 heavy (non-hydrogen) atoms. The molecule has 0 spiro atoms. The predicted octanol–water partition coefficient (Wildman–Crippen LogP) is 6.30. The lowest BCUT2D eigenvalue weighted by atomic mass is 9.80. The molecule has 3 atom stereocenters. The maximum absolute atomic E-state index is 13.8. The molecule has 5 nitrogen and oxygen atoms in total. The van der Waals surface area contributed by atoms with Crippen molar-refractivity contribution in [3.8, 4) is 6.07 Å². The van der Waals surface area contributed by atoms with E-state index in [1.54, 1.807) is 0 Å². The molecular formula is C29H36F2N4O. The van der Waals surface area contributed by atoms with Gasteiger partial charge in [-0.2, -0.15) is 5.26 Å². The van der Waals surface area contributed by atoms with Gasteiger partial charge in [0.2, 0.25) is 0 Å². The monoisotopic (exact) mass is 494 g/mol. The lowest BCUT2D eigenvalue weighted by Crippen LogP contribution is -2.50. The van der Waals surface area contributed by atoms with Gasteiger partial charge in [0.15, 0.2) is 11.6 Å². The van der Waals surface area contributed by atoms with Crippen LogP contribution in [0.4, 0.5) is 19.3 Å². The lowest BCUT2D eigenvalue weighted by molar-refractivity contribution is 0.120. The van der Waals surface area contributed by atoms with Crippen LogP contribution in [0.25, 0.3) is 0 Å². The minimum Gasteiger partial charge on any atom is -0.320 e. The Morgan fingerprint density at radius 1 is 1.11 bits per heavy atom. The van der Waals surface area contributed by atoms with Gasteiger partial charge in [-0.15, -0.1) is 0 Å². The van der Waals surface area contributed by atoms with Crippen molar-refractivity contribution < 1.29 is 13.6 Å². The number of nitrogens with zero attached hydrogens (tertiary/aromatic N) is 3. The molecule has 0 aromatic heterocycles. The van der Waals surface area contributed by atoms with Gasteiger partial charge >= 0.3 is 6.03 Å². The van der Waals surface area contributed by atoms with Gasteiger partial charge in [-0.3, -0.25) is 4.90 Å². The highest BCUT2D eigenvalue weighted by Crippen LogP contribution is 2.62. The quantitative estimate of drug-likeness (QED) is 0.469. The van der Waals surface area contributed by atoms with E-state index in [1.165, 1.54) is 11.6 Å². The van der Waals surface area contributed by atoms with E-state index in [4.69, 9.17) is 0 Å². The fourth-order valence-corrected chi connectivity index (χ4v) is 6.10. The van der Waals surface area contributed by atoms with E-state index in [9.17, 15) is 18.8 Å². The molecule has 0 bridgehead atoms. The van der Waals surface area contributed by atoms with Gasteiger partial charge < -0.3 is 10.2 Å². The molecule has 0 radical (unpaired) electrons. The van der Waals surface area contributed by atoms with Crippen LogP contribution in [0, 0.1) is 28.9 Å². The Morgan fingerprint density at radius 3 is 2.50 bits per heavy atom. The van der Waals surface area contributed by atoms with E-state index >= 15 is 0 Å². The summed E-state index contributed by atoms with van der Waals surface area (Å²) in [6, 6.07) is 14.1. The molecule has 2 aromatic rings. The zero-order valence-corrected chi connectivity index (χ0v) is 21.6. The average molecular weight is 495 g/mol. The van der Waals surface area contributed by atoms with E-state index in [0.717, 1.165) is 44.4 Å². The number of urea groups is 1. The number of halogens is 2. The Labute approximate surface area is 213 Å². The van der Waals surface area contributed by atoms with Crippen LogP contribution < -0.4 is 5.32 Å². The largest absolute Gasteiger partial charge is 0.322 e. The third-order valence-corrected chi connectivity index (χ3v) is 8.08. The predicted molar refractivity (Wildman–Crippen MR) is 138 cm³/mol. The van der Waals surface area contributed by atoms with Crippen molar-refractivity contribution in [3.05, 3.63) is 65.2 Å². The summed E-state index contributed by atoms with van der Waals surface area (Å²) in [6.07, 6.45) is 3.79. The number of amides is 2. The highest BCUT2D eigenvalue weighted by atomic mass is 19.2. The molecule has 0 aliphatic heterocycles. The molecule has 2 saturated carbocycles. The van der Waals surface area contributed by atoms with Gasteiger partial charge in [0, 0.05) is 43.0 Å². The maximum atomic E-state index is 13.8. The molecule has 2 aliphatic carbocycles. The van der Waals surface area contributed by atoms with Crippen LogP contribution in [0.2, 0.25) is 0 Å². The number of hydrogen-bond acceptors (Lipinski definition) is 3. The Balaban J connectivity index is 1.51. The SMILES string of the molecule is CC(C)N(CCN(C(=O)Nc1ccc(F)c(F)c1)[C@@H]1CC[C@]2(c3cccc(C#N)c3)CC2C1)C(C)C. The highest BCUT2D eigenvalue weighted by Gasteiger charge is 2.58. The first-order valence-electron chi connectivity index (χ1n) is 12.9. The summed E-state index contributed by atoms with van der Waals surface area (Å²) in [4.78, 5) is 17.7. The third kappa shape index (κ3) is 5.39. The van der Waals surface area contributed by atoms with Crippen LogP contribution in [0.1, 0.15) is 64.5 Å². The van der Waals surface area contributed by atoms with E-state index < -0.39 is 11.6 Å². The molecule has 0 saturated heterocycles. The first-order chi connectivity index (χ1) is 17.1. The van der Waals surface area contributed by atoms with Crippen molar-refractivity contribution in [1.82, 2.24) is 9.80 Å². The van der Waals surface area contributed by atoms with Crippen LogP contribution in [0.3, 0.4) is 0 Å². The number of nitrogens with one attached hydrogen (secondary N) is 1. The maximum Gasteiger partial charge on any atom is 0.322 e. The minimum absolute atomic E-state index is 0.0660. The van der Waals surface area contributed by atoms with Crippen LogP contribution in [0.5, 0.6) is 0 Å². The summed E-state index contributed by atoms with van der Waals surface area (Å²) >= 11 is 0. The van der Waals surface area contributed by atoms with Gasteiger partial charge in [0.1, 0.15) is 0 Å². The van der Waals surface area contributed by atoms with E-state index in [0.29, 0.717) is 30.1 Å². The standard InChI is InChI=1S/C29H36F2N4O/c1-19(2)34(20(3)4)12-13-35(28(36)33-24-8-9-26(30)27(31)16-24)25-10-11-29(17-23(29)15-25)22-7-5-6-21(14-22)18-32/h5-9,14,16,19-20,23,25H,10-13,15,17H2,1-4H3,(H,33,36)/t23?,25-,29-/m1/s1. The second-order valence-electron chi connectivity index (χ2n) is 10.9. The molecule has 7 heteroatoms. The first kappa shape index (κ1) is 26.1. The molecule has 2 aliphatic rings. The van der Waals surface area contributed by atoms with Crippen LogP contribution in [-0.4, -0.2) is 47.0 Å². The van der Waals surface area contributed by atoms with Crippen molar-refractivity contribution in [2.75, 3.05) is 18.4 Å². The van der Waals surface area contributed by atoms with Gasteiger partial charge in [-0.1, -0.05) is 12.1 Å². The Bertz CT molecular complexity index is 1140. The number of anilines is 1. The Hall–Kier alpha value is -2.98. The molecule has 0 heterocycles. The molecule has 2 aromatic carbocycles. The van der Waals surface area contributed by atoms with Crippen molar-refractivity contribution in [3.63, 3.8) is 0 Å². The number of benzene rings is 2. The van der Waals surface area contributed by atoms with Crippen molar-refractivity contribution in [1.29, 1.82) is 5.26 Å². The minimum atomic E-state index is -0.981. The topological polar surface area (TPSA) is 59.4 Å². The Morgan fingerprint density at radius 2 is 1.86 bits per heavy atom.